The standard InChI is InChI=1S/C14H20N4/c1-9-11(10-7-6-8-16-10)17-13(14(2,3)4)18-12(9)15-5/h6-8,16H,1-5H3,(H,15,17,18). The van der Waals surface area contributed by atoms with Crippen LogP contribution in [-0.2, 0) is 5.41 Å². The summed E-state index contributed by atoms with van der Waals surface area (Å²) in [6.45, 7) is 8.40. The summed E-state index contributed by atoms with van der Waals surface area (Å²) in [5.41, 5.74) is 2.98. The average Bonchev–Trinajstić information content (AvgIpc) is 2.81. The fourth-order valence-electron chi connectivity index (χ4n) is 1.84. The number of anilines is 1. The first-order valence-corrected chi connectivity index (χ1v) is 6.14. The van der Waals surface area contributed by atoms with Gasteiger partial charge in [0.25, 0.3) is 0 Å². The summed E-state index contributed by atoms with van der Waals surface area (Å²) < 4.78 is 0. The summed E-state index contributed by atoms with van der Waals surface area (Å²) in [5.74, 6) is 1.74. The van der Waals surface area contributed by atoms with E-state index in [9.17, 15) is 0 Å². The van der Waals surface area contributed by atoms with Gasteiger partial charge in [-0.3, -0.25) is 0 Å². The monoisotopic (exact) mass is 244 g/mol. The summed E-state index contributed by atoms with van der Waals surface area (Å²) in [5, 5.41) is 3.15. The molecular weight excluding hydrogens is 224 g/mol. The minimum atomic E-state index is -0.0688. The van der Waals surface area contributed by atoms with Crippen LogP contribution in [0.3, 0.4) is 0 Å². The van der Waals surface area contributed by atoms with Crippen molar-refractivity contribution in [3.63, 3.8) is 0 Å². The van der Waals surface area contributed by atoms with Crippen LogP contribution in [0.25, 0.3) is 11.4 Å². The van der Waals surface area contributed by atoms with E-state index < -0.39 is 0 Å². The Morgan fingerprint density at radius 1 is 1.22 bits per heavy atom. The second kappa shape index (κ2) is 4.44. The van der Waals surface area contributed by atoms with Gasteiger partial charge in [0.15, 0.2) is 0 Å². The van der Waals surface area contributed by atoms with Crippen LogP contribution in [0.5, 0.6) is 0 Å². The Balaban J connectivity index is 2.65. The molecule has 0 atom stereocenters. The van der Waals surface area contributed by atoms with Crippen molar-refractivity contribution in [1.82, 2.24) is 15.0 Å². The van der Waals surface area contributed by atoms with Gasteiger partial charge in [0.05, 0.1) is 11.4 Å². The maximum Gasteiger partial charge on any atom is 0.136 e. The van der Waals surface area contributed by atoms with Gasteiger partial charge in [0.2, 0.25) is 0 Å². The molecule has 0 aromatic carbocycles. The van der Waals surface area contributed by atoms with Crippen LogP contribution in [0.15, 0.2) is 18.3 Å². The minimum absolute atomic E-state index is 0.0688. The van der Waals surface area contributed by atoms with Crippen molar-refractivity contribution >= 4 is 5.82 Å². The number of nitrogens with one attached hydrogen (secondary N) is 2. The SMILES string of the molecule is CNc1nc(C(C)(C)C)nc(-c2ccc[nH]2)c1C. The van der Waals surface area contributed by atoms with Gasteiger partial charge in [-0.05, 0) is 19.1 Å². The van der Waals surface area contributed by atoms with Gasteiger partial charge in [0, 0.05) is 24.2 Å². The first kappa shape index (κ1) is 12.6. The van der Waals surface area contributed by atoms with Crippen LogP contribution in [0, 0.1) is 6.92 Å². The van der Waals surface area contributed by atoms with Gasteiger partial charge in [-0.1, -0.05) is 20.8 Å². The quantitative estimate of drug-likeness (QED) is 0.853. The zero-order chi connectivity index (χ0) is 13.3. The Bertz CT molecular complexity index is 536. The molecule has 18 heavy (non-hydrogen) atoms. The Morgan fingerprint density at radius 2 is 1.94 bits per heavy atom. The smallest absolute Gasteiger partial charge is 0.136 e. The number of aromatic nitrogens is 3. The molecule has 0 fully saturated rings. The lowest BCUT2D eigenvalue weighted by molar-refractivity contribution is 0.546. The predicted octanol–water partition coefficient (Wildman–Crippen LogP) is 3.12. The summed E-state index contributed by atoms with van der Waals surface area (Å²) >= 11 is 0. The Labute approximate surface area is 108 Å². The zero-order valence-electron chi connectivity index (χ0n) is 11.6. The summed E-state index contributed by atoms with van der Waals surface area (Å²) in [6, 6.07) is 4.01. The second-order valence-electron chi connectivity index (χ2n) is 5.45. The lowest BCUT2D eigenvalue weighted by Crippen LogP contribution is -2.18. The van der Waals surface area contributed by atoms with E-state index in [0.29, 0.717) is 0 Å². The zero-order valence-corrected chi connectivity index (χ0v) is 11.6. The van der Waals surface area contributed by atoms with Gasteiger partial charge in [0.1, 0.15) is 11.6 Å². The van der Waals surface area contributed by atoms with Crippen LogP contribution in [0.4, 0.5) is 5.82 Å². The average molecular weight is 244 g/mol. The van der Waals surface area contributed by atoms with E-state index >= 15 is 0 Å². The summed E-state index contributed by atoms with van der Waals surface area (Å²) in [6.07, 6.45) is 1.91. The molecule has 0 aliphatic heterocycles. The number of hydrogen-bond donors (Lipinski definition) is 2. The van der Waals surface area contributed by atoms with Crippen molar-refractivity contribution in [3.8, 4) is 11.4 Å². The van der Waals surface area contributed by atoms with Crippen LogP contribution < -0.4 is 5.32 Å². The Morgan fingerprint density at radius 3 is 2.44 bits per heavy atom. The van der Waals surface area contributed by atoms with E-state index in [-0.39, 0.29) is 5.41 Å². The van der Waals surface area contributed by atoms with E-state index in [4.69, 9.17) is 4.98 Å². The van der Waals surface area contributed by atoms with Crippen LogP contribution >= 0.6 is 0 Å². The molecule has 0 unspecified atom stereocenters. The molecule has 4 nitrogen and oxygen atoms in total. The molecule has 0 spiro atoms. The van der Waals surface area contributed by atoms with Gasteiger partial charge in [-0.25, -0.2) is 9.97 Å². The highest BCUT2D eigenvalue weighted by Gasteiger charge is 2.21. The first-order valence-electron chi connectivity index (χ1n) is 6.14. The molecule has 2 N–H and O–H groups in total. The molecule has 2 aromatic heterocycles. The van der Waals surface area contributed by atoms with E-state index in [1.807, 2.05) is 32.3 Å². The Hall–Kier alpha value is -1.84. The molecule has 0 aliphatic carbocycles. The molecule has 0 saturated carbocycles. The molecule has 0 amide bonds. The normalized spacial score (nSPS) is 11.6. The third kappa shape index (κ3) is 2.23. The molecule has 0 radical (unpaired) electrons. The van der Waals surface area contributed by atoms with E-state index in [1.54, 1.807) is 0 Å². The van der Waals surface area contributed by atoms with Gasteiger partial charge in [-0.2, -0.15) is 0 Å². The van der Waals surface area contributed by atoms with Crippen molar-refractivity contribution in [1.29, 1.82) is 0 Å². The minimum Gasteiger partial charge on any atom is -0.373 e. The van der Waals surface area contributed by atoms with E-state index in [2.05, 4.69) is 36.1 Å². The van der Waals surface area contributed by atoms with Crippen LogP contribution in [0.1, 0.15) is 32.2 Å². The van der Waals surface area contributed by atoms with Crippen LogP contribution in [0.2, 0.25) is 0 Å². The van der Waals surface area contributed by atoms with Gasteiger partial charge >= 0.3 is 0 Å². The fourth-order valence-corrected chi connectivity index (χ4v) is 1.84. The predicted molar refractivity (Wildman–Crippen MR) is 74.8 cm³/mol. The van der Waals surface area contributed by atoms with Crippen molar-refractivity contribution in [2.24, 2.45) is 0 Å². The van der Waals surface area contributed by atoms with Crippen LogP contribution in [-0.4, -0.2) is 22.0 Å². The molecular formula is C14H20N4. The van der Waals surface area contributed by atoms with Crippen molar-refractivity contribution in [3.05, 3.63) is 29.7 Å². The third-order valence-corrected chi connectivity index (χ3v) is 2.91. The van der Waals surface area contributed by atoms with Gasteiger partial charge < -0.3 is 10.3 Å². The number of H-pyrrole nitrogens is 1. The van der Waals surface area contributed by atoms with Crippen molar-refractivity contribution < 1.29 is 0 Å². The molecule has 0 saturated heterocycles. The molecule has 96 valence electrons. The lowest BCUT2D eigenvalue weighted by Gasteiger charge is -2.20. The topological polar surface area (TPSA) is 53.6 Å². The maximum atomic E-state index is 4.71. The summed E-state index contributed by atoms with van der Waals surface area (Å²) in [4.78, 5) is 12.5. The molecule has 2 rings (SSSR count). The Kier molecular flexibility index (Phi) is 3.11. The largest absolute Gasteiger partial charge is 0.373 e. The van der Waals surface area contributed by atoms with E-state index in [1.165, 1.54) is 0 Å². The third-order valence-electron chi connectivity index (χ3n) is 2.91. The van der Waals surface area contributed by atoms with Crippen molar-refractivity contribution in [2.45, 2.75) is 33.1 Å². The highest BCUT2D eigenvalue weighted by atomic mass is 15.0. The highest BCUT2D eigenvalue weighted by molar-refractivity contribution is 5.65. The highest BCUT2D eigenvalue weighted by Crippen LogP contribution is 2.28. The second-order valence-corrected chi connectivity index (χ2v) is 5.45. The first-order chi connectivity index (χ1) is 8.43. The fraction of sp³-hybridized carbons (Fsp3) is 0.429. The maximum absolute atomic E-state index is 4.71. The molecule has 2 heterocycles. The number of hydrogen-bond acceptors (Lipinski definition) is 3. The molecule has 2 aromatic rings. The number of aromatic amines is 1. The number of rotatable bonds is 2. The van der Waals surface area contributed by atoms with E-state index in [0.717, 1.165) is 28.6 Å². The van der Waals surface area contributed by atoms with Gasteiger partial charge in [-0.15, -0.1) is 0 Å². The molecule has 0 aliphatic rings. The lowest BCUT2D eigenvalue weighted by atomic mass is 9.95. The summed E-state index contributed by atoms with van der Waals surface area (Å²) in [7, 11) is 1.89. The van der Waals surface area contributed by atoms with Crippen molar-refractivity contribution in [2.75, 3.05) is 12.4 Å². The number of nitrogens with zero attached hydrogens (tertiary/aromatic N) is 2. The molecule has 4 heteroatoms. The molecule has 0 bridgehead atoms.